The van der Waals surface area contributed by atoms with Gasteiger partial charge in [0.25, 0.3) is 0 Å². The number of carboxylic acids is 1. The van der Waals surface area contributed by atoms with Gasteiger partial charge in [0.05, 0.1) is 6.61 Å². The summed E-state index contributed by atoms with van der Waals surface area (Å²) in [4.78, 5) is 12.4. The van der Waals surface area contributed by atoms with Crippen LogP contribution in [0.3, 0.4) is 0 Å². The zero-order valence-electron chi connectivity index (χ0n) is 9.19. The summed E-state index contributed by atoms with van der Waals surface area (Å²) in [6.45, 7) is 2.59. The van der Waals surface area contributed by atoms with E-state index in [1.165, 1.54) is 12.8 Å². The summed E-state index contributed by atoms with van der Waals surface area (Å²) < 4.78 is 5.44. The molecule has 1 atom stereocenters. The molecule has 0 aromatic rings. The SMILES string of the molecule is CN(CCOCC1CC1)CC(N)C(=O)O. The standard InChI is InChI=1S/C10H20N2O3/c1-12(6-9(11)10(13)14)4-5-15-7-8-2-3-8/h8-9H,2-7,11H2,1H3,(H,13,14). The number of carbonyl (C=O) groups is 1. The van der Waals surface area contributed by atoms with Gasteiger partial charge in [0.15, 0.2) is 0 Å². The first-order valence-corrected chi connectivity index (χ1v) is 5.34. The van der Waals surface area contributed by atoms with Gasteiger partial charge in [-0.05, 0) is 25.8 Å². The number of nitrogens with zero attached hydrogens (tertiary/aromatic N) is 1. The summed E-state index contributed by atoms with van der Waals surface area (Å²) in [7, 11) is 1.85. The minimum atomic E-state index is -0.958. The largest absolute Gasteiger partial charge is 0.480 e. The van der Waals surface area contributed by atoms with Crippen LogP contribution in [0, 0.1) is 5.92 Å². The molecule has 1 rings (SSSR count). The summed E-state index contributed by atoms with van der Waals surface area (Å²) in [5, 5.41) is 8.60. The molecule has 0 amide bonds. The first-order chi connectivity index (χ1) is 7.09. The fourth-order valence-electron chi connectivity index (χ4n) is 1.26. The second-order valence-corrected chi connectivity index (χ2v) is 4.23. The van der Waals surface area contributed by atoms with E-state index in [2.05, 4.69) is 0 Å². The third-order valence-electron chi connectivity index (χ3n) is 2.49. The normalized spacial score (nSPS) is 18.1. The zero-order chi connectivity index (χ0) is 11.3. The lowest BCUT2D eigenvalue weighted by atomic mass is 10.3. The number of hydrogen-bond acceptors (Lipinski definition) is 4. The van der Waals surface area contributed by atoms with Crippen LogP contribution in [0.1, 0.15) is 12.8 Å². The molecule has 3 N–H and O–H groups in total. The molecule has 0 radical (unpaired) electrons. The summed E-state index contributed by atoms with van der Waals surface area (Å²) >= 11 is 0. The van der Waals surface area contributed by atoms with Crippen molar-refractivity contribution in [1.82, 2.24) is 4.90 Å². The van der Waals surface area contributed by atoms with E-state index in [4.69, 9.17) is 15.6 Å². The Kier molecular flexibility index (Phi) is 5.01. The number of carboxylic acid groups (broad SMARTS) is 1. The van der Waals surface area contributed by atoms with E-state index in [-0.39, 0.29) is 0 Å². The van der Waals surface area contributed by atoms with Crippen molar-refractivity contribution in [2.24, 2.45) is 11.7 Å². The third-order valence-corrected chi connectivity index (χ3v) is 2.49. The highest BCUT2D eigenvalue weighted by atomic mass is 16.5. The molecule has 0 aliphatic heterocycles. The number of likely N-dealkylation sites (N-methyl/N-ethyl adjacent to an activating group) is 1. The molecule has 0 bridgehead atoms. The lowest BCUT2D eigenvalue weighted by Crippen LogP contribution is -2.42. The maximum atomic E-state index is 10.5. The number of ether oxygens (including phenoxy) is 1. The molecular formula is C10H20N2O3. The average molecular weight is 216 g/mol. The Morgan fingerprint density at radius 3 is 2.87 bits per heavy atom. The molecule has 1 saturated carbocycles. The first-order valence-electron chi connectivity index (χ1n) is 5.34. The topological polar surface area (TPSA) is 75.8 Å². The Hall–Kier alpha value is -0.650. The van der Waals surface area contributed by atoms with E-state index in [9.17, 15) is 4.79 Å². The first kappa shape index (κ1) is 12.4. The van der Waals surface area contributed by atoms with Crippen molar-refractivity contribution in [3.8, 4) is 0 Å². The van der Waals surface area contributed by atoms with E-state index in [0.29, 0.717) is 13.2 Å². The van der Waals surface area contributed by atoms with Crippen molar-refractivity contribution in [2.75, 3.05) is 33.4 Å². The highest BCUT2D eigenvalue weighted by Gasteiger charge is 2.21. The number of rotatable bonds is 8. The molecule has 1 aliphatic rings. The van der Waals surface area contributed by atoms with Crippen molar-refractivity contribution >= 4 is 5.97 Å². The highest BCUT2D eigenvalue weighted by molar-refractivity contribution is 5.73. The second kappa shape index (κ2) is 6.05. The minimum Gasteiger partial charge on any atom is -0.480 e. The van der Waals surface area contributed by atoms with Crippen LogP contribution in [0.2, 0.25) is 0 Å². The molecule has 88 valence electrons. The molecule has 0 saturated heterocycles. The molecular weight excluding hydrogens is 196 g/mol. The van der Waals surface area contributed by atoms with Crippen LogP contribution in [0.25, 0.3) is 0 Å². The molecule has 1 fully saturated rings. The van der Waals surface area contributed by atoms with E-state index in [0.717, 1.165) is 19.1 Å². The van der Waals surface area contributed by atoms with Crippen LogP contribution in [-0.4, -0.2) is 55.4 Å². The molecule has 0 aromatic heterocycles. The van der Waals surface area contributed by atoms with Gasteiger partial charge < -0.3 is 20.5 Å². The van der Waals surface area contributed by atoms with Gasteiger partial charge in [-0.3, -0.25) is 4.79 Å². The lowest BCUT2D eigenvalue weighted by Gasteiger charge is -2.18. The summed E-state index contributed by atoms with van der Waals surface area (Å²) in [5.41, 5.74) is 5.40. The minimum absolute atomic E-state index is 0.363. The van der Waals surface area contributed by atoms with Crippen LogP contribution in [-0.2, 0) is 9.53 Å². The predicted molar refractivity (Wildman–Crippen MR) is 56.7 cm³/mol. The second-order valence-electron chi connectivity index (χ2n) is 4.23. The fourth-order valence-corrected chi connectivity index (χ4v) is 1.26. The summed E-state index contributed by atoms with van der Waals surface area (Å²) in [6.07, 6.45) is 2.58. The molecule has 1 aliphatic carbocycles. The Labute approximate surface area is 90.2 Å². The summed E-state index contributed by atoms with van der Waals surface area (Å²) in [5.74, 6) is -0.183. The molecule has 0 spiro atoms. The van der Waals surface area contributed by atoms with E-state index < -0.39 is 12.0 Å². The molecule has 15 heavy (non-hydrogen) atoms. The molecule has 5 nitrogen and oxygen atoms in total. The monoisotopic (exact) mass is 216 g/mol. The predicted octanol–water partition coefficient (Wildman–Crippen LogP) is -0.243. The maximum Gasteiger partial charge on any atom is 0.321 e. The van der Waals surface area contributed by atoms with Gasteiger partial charge in [-0.2, -0.15) is 0 Å². The quantitative estimate of drug-likeness (QED) is 0.547. The highest BCUT2D eigenvalue weighted by Crippen LogP contribution is 2.28. The molecule has 1 unspecified atom stereocenters. The van der Waals surface area contributed by atoms with Crippen molar-refractivity contribution < 1.29 is 14.6 Å². The van der Waals surface area contributed by atoms with Crippen LogP contribution in [0.5, 0.6) is 0 Å². The van der Waals surface area contributed by atoms with Gasteiger partial charge >= 0.3 is 5.97 Å². The molecule has 0 aromatic carbocycles. The van der Waals surface area contributed by atoms with Crippen molar-refractivity contribution in [2.45, 2.75) is 18.9 Å². The van der Waals surface area contributed by atoms with Crippen LogP contribution in [0.15, 0.2) is 0 Å². The van der Waals surface area contributed by atoms with Crippen LogP contribution in [0.4, 0.5) is 0 Å². The van der Waals surface area contributed by atoms with Gasteiger partial charge in [0, 0.05) is 19.7 Å². The van der Waals surface area contributed by atoms with Gasteiger partial charge in [0.1, 0.15) is 6.04 Å². The van der Waals surface area contributed by atoms with E-state index in [1.807, 2.05) is 11.9 Å². The van der Waals surface area contributed by atoms with E-state index >= 15 is 0 Å². The smallest absolute Gasteiger partial charge is 0.321 e. The number of hydrogen-bond donors (Lipinski definition) is 2. The lowest BCUT2D eigenvalue weighted by molar-refractivity contribution is -0.138. The van der Waals surface area contributed by atoms with E-state index in [1.54, 1.807) is 0 Å². The Bertz CT molecular complexity index is 207. The van der Waals surface area contributed by atoms with Crippen molar-refractivity contribution in [3.63, 3.8) is 0 Å². The van der Waals surface area contributed by atoms with Crippen LogP contribution >= 0.6 is 0 Å². The van der Waals surface area contributed by atoms with Gasteiger partial charge in [-0.25, -0.2) is 0 Å². The Morgan fingerprint density at radius 1 is 1.67 bits per heavy atom. The van der Waals surface area contributed by atoms with Gasteiger partial charge in [-0.1, -0.05) is 0 Å². The number of nitrogens with two attached hydrogens (primary N) is 1. The van der Waals surface area contributed by atoms with Crippen LogP contribution < -0.4 is 5.73 Å². The third kappa shape index (κ3) is 5.71. The number of aliphatic carboxylic acids is 1. The molecule has 5 heteroatoms. The van der Waals surface area contributed by atoms with Gasteiger partial charge in [-0.15, -0.1) is 0 Å². The maximum absolute atomic E-state index is 10.5. The Balaban J connectivity index is 1.96. The summed E-state index contributed by atoms with van der Waals surface area (Å²) in [6, 6.07) is -0.807. The van der Waals surface area contributed by atoms with Gasteiger partial charge in [0.2, 0.25) is 0 Å². The fraction of sp³-hybridized carbons (Fsp3) is 0.900. The van der Waals surface area contributed by atoms with Crippen molar-refractivity contribution in [1.29, 1.82) is 0 Å². The average Bonchev–Trinajstić information content (AvgIpc) is 2.95. The zero-order valence-corrected chi connectivity index (χ0v) is 9.19. The Morgan fingerprint density at radius 2 is 2.33 bits per heavy atom. The van der Waals surface area contributed by atoms with Crippen molar-refractivity contribution in [3.05, 3.63) is 0 Å². The molecule has 0 heterocycles.